The maximum absolute atomic E-state index is 11.1. The van der Waals surface area contributed by atoms with E-state index in [1.165, 1.54) is 12.1 Å². The molecule has 1 aromatic carbocycles. The van der Waals surface area contributed by atoms with Crippen LogP contribution in [0.5, 0.6) is 5.75 Å². The summed E-state index contributed by atoms with van der Waals surface area (Å²) in [6, 6.07) is 4.54. The first-order chi connectivity index (χ1) is 8.49. The minimum atomic E-state index is -1.03. The molecule has 0 aliphatic carbocycles. The molecule has 7 heteroatoms. The van der Waals surface area contributed by atoms with Gasteiger partial charge in [0, 0.05) is 5.69 Å². The van der Waals surface area contributed by atoms with Crippen LogP contribution in [0.3, 0.4) is 0 Å². The summed E-state index contributed by atoms with van der Waals surface area (Å²) in [5.41, 5.74) is 1.19. The molecular formula is C11H9ClN2O3S. The van der Waals surface area contributed by atoms with Gasteiger partial charge in [0.1, 0.15) is 16.3 Å². The molecule has 0 saturated heterocycles. The summed E-state index contributed by atoms with van der Waals surface area (Å²) < 4.78 is 3.99. The Morgan fingerprint density at radius 2 is 2.22 bits per heavy atom. The number of rotatable bonds is 3. The van der Waals surface area contributed by atoms with E-state index in [1.54, 1.807) is 13.0 Å². The number of nitrogens with one attached hydrogen (secondary N) is 1. The van der Waals surface area contributed by atoms with E-state index in [1.807, 2.05) is 0 Å². The van der Waals surface area contributed by atoms with Crippen molar-refractivity contribution in [1.29, 1.82) is 0 Å². The van der Waals surface area contributed by atoms with Gasteiger partial charge < -0.3 is 15.5 Å². The molecule has 0 amide bonds. The number of aromatic carboxylic acids is 1. The van der Waals surface area contributed by atoms with E-state index in [0.717, 1.165) is 11.5 Å². The fourth-order valence-corrected chi connectivity index (χ4v) is 2.41. The van der Waals surface area contributed by atoms with Crippen molar-refractivity contribution in [2.45, 2.75) is 6.92 Å². The Hall–Kier alpha value is -1.79. The standard InChI is InChI=1S/C11H9ClN2O3S/c1-5-9(11(16)17)10(18-14-5)13-6-2-3-8(15)7(12)4-6/h2-4,13,15H,1H3,(H,16,17). The van der Waals surface area contributed by atoms with Crippen LogP contribution in [0.2, 0.25) is 5.02 Å². The molecular weight excluding hydrogens is 276 g/mol. The molecule has 5 nitrogen and oxygen atoms in total. The summed E-state index contributed by atoms with van der Waals surface area (Å²) in [7, 11) is 0. The third kappa shape index (κ3) is 2.39. The summed E-state index contributed by atoms with van der Waals surface area (Å²) in [6.45, 7) is 1.63. The van der Waals surface area contributed by atoms with Crippen LogP contribution in [0.4, 0.5) is 10.7 Å². The van der Waals surface area contributed by atoms with E-state index < -0.39 is 5.97 Å². The zero-order chi connectivity index (χ0) is 13.3. The quantitative estimate of drug-likeness (QED) is 0.754. The van der Waals surface area contributed by atoms with Crippen molar-refractivity contribution >= 4 is 39.8 Å². The Kier molecular flexibility index (Phi) is 3.40. The Morgan fingerprint density at radius 1 is 1.50 bits per heavy atom. The number of phenols is 1. The molecule has 0 bridgehead atoms. The highest BCUT2D eigenvalue weighted by atomic mass is 35.5. The highest BCUT2D eigenvalue weighted by Gasteiger charge is 2.17. The summed E-state index contributed by atoms with van der Waals surface area (Å²) in [5.74, 6) is -1.06. The monoisotopic (exact) mass is 284 g/mol. The molecule has 1 aromatic heterocycles. The van der Waals surface area contributed by atoms with E-state index in [4.69, 9.17) is 16.7 Å². The zero-order valence-corrected chi connectivity index (χ0v) is 10.8. The van der Waals surface area contributed by atoms with Gasteiger partial charge in [-0.1, -0.05) is 11.6 Å². The average Bonchev–Trinajstić information content (AvgIpc) is 2.65. The Labute approximate surface area is 112 Å². The lowest BCUT2D eigenvalue weighted by atomic mass is 10.2. The van der Waals surface area contributed by atoms with E-state index in [-0.39, 0.29) is 16.3 Å². The number of phenolic OH excluding ortho intramolecular Hbond substituents is 1. The number of aromatic hydroxyl groups is 1. The fourth-order valence-electron chi connectivity index (χ4n) is 1.42. The van der Waals surface area contributed by atoms with Crippen LogP contribution in [0.25, 0.3) is 0 Å². The number of aryl methyl sites for hydroxylation is 1. The number of hydrogen-bond acceptors (Lipinski definition) is 5. The average molecular weight is 285 g/mol. The summed E-state index contributed by atoms with van der Waals surface area (Å²) in [5, 5.41) is 21.9. The number of carboxylic acid groups (broad SMARTS) is 1. The molecule has 3 N–H and O–H groups in total. The van der Waals surface area contributed by atoms with Crippen LogP contribution in [0.15, 0.2) is 18.2 Å². The van der Waals surface area contributed by atoms with Crippen molar-refractivity contribution in [2.24, 2.45) is 0 Å². The second kappa shape index (κ2) is 4.83. The predicted molar refractivity (Wildman–Crippen MR) is 70.2 cm³/mol. The number of hydrogen-bond donors (Lipinski definition) is 3. The molecule has 0 spiro atoms. The normalized spacial score (nSPS) is 10.3. The van der Waals surface area contributed by atoms with Crippen molar-refractivity contribution in [1.82, 2.24) is 4.37 Å². The number of anilines is 2. The first kappa shape index (κ1) is 12.7. The number of carbonyl (C=O) groups is 1. The maximum Gasteiger partial charge on any atom is 0.340 e. The van der Waals surface area contributed by atoms with Gasteiger partial charge in [-0.15, -0.1) is 0 Å². The van der Waals surface area contributed by atoms with Crippen molar-refractivity contribution in [2.75, 3.05) is 5.32 Å². The number of benzene rings is 1. The van der Waals surface area contributed by atoms with Crippen LogP contribution in [0, 0.1) is 6.92 Å². The zero-order valence-electron chi connectivity index (χ0n) is 9.27. The van der Waals surface area contributed by atoms with Gasteiger partial charge in [-0.25, -0.2) is 4.79 Å². The van der Waals surface area contributed by atoms with Crippen LogP contribution in [-0.2, 0) is 0 Å². The van der Waals surface area contributed by atoms with Crippen molar-refractivity contribution < 1.29 is 15.0 Å². The van der Waals surface area contributed by atoms with Gasteiger partial charge >= 0.3 is 5.97 Å². The molecule has 94 valence electrons. The van der Waals surface area contributed by atoms with Gasteiger partial charge in [-0.05, 0) is 36.7 Å². The van der Waals surface area contributed by atoms with Crippen molar-refractivity contribution in [3.8, 4) is 5.75 Å². The van der Waals surface area contributed by atoms with Gasteiger partial charge in [0.05, 0.1) is 10.7 Å². The lowest BCUT2D eigenvalue weighted by molar-refractivity contribution is 0.0697. The molecule has 0 aliphatic heterocycles. The van der Waals surface area contributed by atoms with E-state index in [9.17, 15) is 9.90 Å². The third-order valence-electron chi connectivity index (χ3n) is 2.28. The van der Waals surface area contributed by atoms with Crippen LogP contribution in [-0.4, -0.2) is 20.6 Å². The Bertz CT molecular complexity index is 612. The highest BCUT2D eigenvalue weighted by molar-refractivity contribution is 7.10. The largest absolute Gasteiger partial charge is 0.506 e. The molecule has 0 saturated carbocycles. The van der Waals surface area contributed by atoms with Gasteiger partial charge in [0.25, 0.3) is 0 Å². The van der Waals surface area contributed by atoms with Gasteiger partial charge in [-0.3, -0.25) is 0 Å². The molecule has 0 unspecified atom stereocenters. The maximum atomic E-state index is 11.1. The first-order valence-corrected chi connectivity index (χ1v) is 6.09. The number of nitrogens with zero attached hydrogens (tertiary/aromatic N) is 1. The third-order valence-corrected chi connectivity index (χ3v) is 3.44. The second-order valence-corrected chi connectivity index (χ2v) is 4.75. The molecule has 2 aromatic rings. The first-order valence-electron chi connectivity index (χ1n) is 4.94. The lowest BCUT2D eigenvalue weighted by Gasteiger charge is -2.06. The van der Waals surface area contributed by atoms with Crippen LogP contribution >= 0.6 is 23.1 Å². The van der Waals surface area contributed by atoms with Crippen LogP contribution in [0.1, 0.15) is 16.1 Å². The molecule has 2 rings (SSSR count). The molecule has 18 heavy (non-hydrogen) atoms. The van der Waals surface area contributed by atoms with Gasteiger partial charge in [0.2, 0.25) is 0 Å². The molecule has 0 fully saturated rings. The molecule has 0 radical (unpaired) electrons. The summed E-state index contributed by atoms with van der Waals surface area (Å²) in [4.78, 5) is 11.1. The molecule has 0 aliphatic rings. The smallest absolute Gasteiger partial charge is 0.340 e. The minimum Gasteiger partial charge on any atom is -0.506 e. The highest BCUT2D eigenvalue weighted by Crippen LogP contribution is 2.31. The SMILES string of the molecule is Cc1nsc(Nc2ccc(O)c(Cl)c2)c1C(=O)O. The lowest BCUT2D eigenvalue weighted by Crippen LogP contribution is -2.01. The molecule has 0 atom stereocenters. The van der Waals surface area contributed by atoms with Gasteiger partial charge in [-0.2, -0.15) is 4.37 Å². The van der Waals surface area contributed by atoms with E-state index in [0.29, 0.717) is 16.4 Å². The van der Waals surface area contributed by atoms with Crippen molar-refractivity contribution in [3.63, 3.8) is 0 Å². The Morgan fingerprint density at radius 3 is 2.83 bits per heavy atom. The fraction of sp³-hybridized carbons (Fsp3) is 0.0909. The van der Waals surface area contributed by atoms with Crippen molar-refractivity contribution in [3.05, 3.63) is 34.5 Å². The summed E-state index contributed by atoms with van der Waals surface area (Å²) >= 11 is 6.83. The topological polar surface area (TPSA) is 82.5 Å². The molecule has 1 heterocycles. The van der Waals surface area contributed by atoms with Crippen LogP contribution < -0.4 is 5.32 Å². The Balaban J connectivity index is 2.34. The predicted octanol–water partition coefficient (Wildman–Crippen LogP) is 3.25. The number of aromatic nitrogens is 1. The van der Waals surface area contributed by atoms with E-state index in [2.05, 4.69) is 9.69 Å². The number of halogens is 1. The minimum absolute atomic E-state index is 0.0267. The second-order valence-electron chi connectivity index (χ2n) is 3.57. The van der Waals surface area contributed by atoms with E-state index >= 15 is 0 Å². The summed E-state index contributed by atoms with van der Waals surface area (Å²) in [6.07, 6.45) is 0. The number of carboxylic acids is 1. The van der Waals surface area contributed by atoms with Gasteiger partial charge in [0.15, 0.2) is 0 Å².